The van der Waals surface area contributed by atoms with Crippen molar-refractivity contribution in [2.45, 2.75) is 31.1 Å². The molecule has 3 N–H and O–H groups in total. The van der Waals surface area contributed by atoms with Crippen molar-refractivity contribution in [1.29, 1.82) is 0 Å². The number of nitrogens with one attached hydrogen (secondary N) is 1. The molecule has 0 amide bonds. The Kier molecular flexibility index (Phi) is 3.16. The summed E-state index contributed by atoms with van der Waals surface area (Å²) in [6.07, 6.45) is 3.01. The first-order valence-electron chi connectivity index (χ1n) is 5.40. The molecule has 0 unspecified atom stereocenters. The molecular formula is C11H16N2O2S. The number of sulfonamides is 1. The molecule has 0 bridgehead atoms. The Morgan fingerprint density at radius 3 is 2.56 bits per heavy atom. The molecule has 1 fully saturated rings. The Labute approximate surface area is 95.9 Å². The van der Waals surface area contributed by atoms with E-state index in [4.69, 9.17) is 5.73 Å². The van der Waals surface area contributed by atoms with Gasteiger partial charge in [0, 0.05) is 11.7 Å². The summed E-state index contributed by atoms with van der Waals surface area (Å²) in [7, 11) is -3.25. The molecule has 4 nitrogen and oxygen atoms in total. The van der Waals surface area contributed by atoms with Crippen LogP contribution in [-0.4, -0.2) is 14.5 Å². The minimum atomic E-state index is -3.25. The van der Waals surface area contributed by atoms with E-state index < -0.39 is 10.0 Å². The summed E-state index contributed by atoms with van der Waals surface area (Å²) in [5.41, 5.74) is 6.90. The molecule has 0 radical (unpaired) electrons. The average molecular weight is 240 g/mol. The van der Waals surface area contributed by atoms with Crippen molar-refractivity contribution in [2.75, 3.05) is 5.73 Å². The molecule has 2 rings (SSSR count). The molecule has 0 aliphatic heterocycles. The summed E-state index contributed by atoms with van der Waals surface area (Å²) in [6, 6.07) is 7.19. The second-order valence-electron chi connectivity index (χ2n) is 4.20. The van der Waals surface area contributed by atoms with Crippen molar-refractivity contribution in [3.63, 3.8) is 0 Å². The second-order valence-corrected chi connectivity index (χ2v) is 5.96. The number of hydrogen-bond donors (Lipinski definition) is 2. The van der Waals surface area contributed by atoms with Crippen LogP contribution in [0.5, 0.6) is 0 Å². The van der Waals surface area contributed by atoms with E-state index in [0.29, 0.717) is 11.3 Å². The van der Waals surface area contributed by atoms with Gasteiger partial charge in [-0.1, -0.05) is 24.6 Å². The third-order valence-corrected chi connectivity index (χ3v) is 4.24. The van der Waals surface area contributed by atoms with E-state index in [1.54, 1.807) is 24.3 Å². The molecule has 0 saturated heterocycles. The Morgan fingerprint density at radius 2 is 2.00 bits per heavy atom. The number of hydrogen-bond acceptors (Lipinski definition) is 3. The highest BCUT2D eigenvalue weighted by atomic mass is 32.2. The highest BCUT2D eigenvalue weighted by Gasteiger charge is 2.23. The van der Waals surface area contributed by atoms with Gasteiger partial charge in [0.05, 0.1) is 5.75 Å². The van der Waals surface area contributed by atoms with Crippen LogP contribution in [0.2, 0.25) is 0 Å². The van der Waals surface area contributed by atoms with E-state index in [1.807, 2.05) is 0 Å². The summed E-state index contributed by atoms with van der Waals surface area (Å²) in [4.78, 5) is 0. The van der Waals surface area contributed by atoms with Crippen molar-refractivity contribution >= 4 is 15.7 Å². The molecule has 1 saturated carbocycles. The van der Waals surface area contributed by atoms with Gasteiger partial charge in [-0.15, -0.1) is 0 Å². The van der Waals surface area contributed by atoms with Crippen LogP contribution in [0.4, 0.5) is 5.69 Å². The third kappa shape index (κ3) is 2.74. The zero-order chi connectivity index (χ0) is 11.6. The van der Waals surface area contributed by atoms with Crippen LogP contribution in [0.1, 0.15) is 24.8 Å². The summed E-state index contributed by atoms with van der Waals surface area (Å²) >= 11 is 0. The average Bonchev–Trinajstić information content (AvgIpc) is 2.16. The lowest BCUT2D eigenvalue weighted by atomic mass is 9.94. The standard InChI is InChI=1S/C11H16N2O2S/c12-11-7-2-1-4-9(11)8-16(14,15)13-10-5-3-6-10/h1-2,4,7,10,13H,3,5-6,8,12H2. The van der Waals surface area contributed by atoms with E-state index in [1.165, 1.54) is 0 Å². The van der Waals surface area contributed by atoms with E-state index in [0.717, 1.165) is 19.3 Å². The lowest BCUT2D eigenvalue weighted by Crippen LogP contribution is -2.40. The molecule has 1 aromatic carbocycles. The number of nitrogens with two attached hydrogens (primary N) is 1. The van der Waals surface area contributed by atoms with Gasteiger partial charge in [-0.3, -0.25) is 0 Å². The van der Waals surface area contributed by atoms with Gasteiger partial charge in [-0.25, -0.2) is 13.1 Å². The highest BCUT2D eigenvalue weighted by Crippen LogP contribution is 2.20. The fraction of sp³-hybridized carbons (Fsp3) is 0.455. The molecule has 5 heteroatoms. The number of benzene rings is 1. The summed E-state index contributed by atoms with van der Waals surface area (Å²) in [5.74, 6) is -0.0316. The molecule has 0 atom stereocenters. The summed E-state index contributed by atoms with van der Waals surface area (Å²) in [6.45, 7) is 0. The quantitative estimate of drug-likeness (QED) is 0.778. The normalized spacial score (nSPS) is 17.0. The van der Waals surface area contributed by atoms with Gasteiger partial charge in [-0.05, 0) is 24.5 Å². The topological polar surface area (TPSA) is 72.2 Å². The van der Waals surface area contributed by atoms with Gasteiger partial charge in [0.2, 0.25) is 10.0 Å². The van der Waals surface area contributed by atoms with Crippen LogP contribution >= 0.6 is 0 Å². The number of anilines is 1. The summed E-state index contributed by atoms with van der Waals surface area (Å²) in [5, 5.41) is 0. The molecule has 88 valence electrons. The van der Waals surface area contributed by atoms with Crippen molar-refractivity contribution in [3.05, 3.63) is 29.8 Å². The van der Waals surface area contributed by atoms with Crippen LogP contribution in [0.25, 0.3) is 0 Å². The predicted octanol–water partition coefficient (Wildman–Crippen LogP) is 1.24. The largest absolute Gasteiger partial charge is 0.398 e. The lowest BCUT2D eigenvalue weighted by Gasteiger charge is -2.26. The predicted molar refractivity (Wildman–Crippen MR) is 64.3 cm³/mol. The van der Waals surface area contributed by atoms with Crippen molar-refractivity contribution < 1.29 is 8.42 Å². The summed E-state index contributed by atoms with van der Waals surface area (Å²) < 4.78 is 26.3. The van der Waals surface area contributed by atoms with Crippen molar-refractivity contribution in [3.8, 4) is 0 Å². The number of para-hydroxylation sites is 1. The fourth-order valence-corrected chi connectivity index (χ4v) is 3.19. The molecule has 1 aliphatic carbocycles. The third-order valence-electron chi connectivity index (χ3n) is 2.85. The molecule has 0 spiro atoms. The van der Waals surface area contributed by atoms with Crippen molar-refractivity contribution in [1.82, 2.24) is 4.72 Å². The van der Waals surface area contributed by atoms with Crippen LogP contribution in [0.15, 0.2) is 24.3 Å². The van der Waals surface area contributed by atoms with Crippen LogP contribution in [-0.2, 0) is 15.8 Å². The number of rotatable bonds is 4. The van der Waals surface area contributed by atoms with Crippen LogP contribution < -0.4 is 10.5 Å². The van der Waals surface area contributed by atoms with Gasteiger partial charge in [0.25, 0.3) is 0 Å². The van der Waals surface area contributed by atoms with E-state index in [-0.39, 0.29) is 11.8 Å². The zero-order valence-electron chi connectivity index (χ0n) is 9.02. The van der Waals surface area contributed by atoms with Gasteiger partial charge < -0.3 is 5.73 Å². The molecule has 16 heavy (non-hydrogen) atoms. The number of nitrogen functional groups attached to an aromatic ring is 1. The maximum atomic E-state index is 11.8. The maximum Gasteiger partial charge on any atom is 0.216 e. The first-order valence-corrected chi connectivity index (χ1v) is 7.05. The molecular weight excluding hydrogens is 224 g/mol. The van der Waals surface area contributed by atoms with Gasteiger partial charge in [-0.2, -0.15) is 0 Å². The molecule has 1 aliphatic rings. The van der Waals surface area contributed by atoms with E-state index in [9.17, 15) is 8.42 Å². The smallest absolute Gasteiger partial charge is 0.216 e. The van der Waals surface area contributed by atoms with Gasteiger partial charge in [0.15, 0.2) is 0 Å². The second kappa shape index (κ2) is 4.43. The Hall–Kier alpha value is -1.07. The molecule has 0 heterocycles. The highest BCUT2D eigenvalue weighted by molar-refractivity contribution is 7.88. The minimum absolute atomic E-state index is 0.0316. The monoisotopic (exact) mass is 240 g/mol. The first-order chi connectivity index (χ1) is 7.57. The molecule has 0 aromatic heterocycles. The Balaban J connectivity index is 2.05. The van der Waals surface area contributed by atoms with E-state index in [2.05, 4.69) is 4.72 Å². The van der Waals surface area contributed by atoms with E-state index >= 15 is 0 Å². The van der Waals surface area contributed by atoms with Crippen LogP contribution in [0, 0.1) is 0 Å². The zero-order valence-corrected chi connectivity index (χ0v) is 9.83. The Bertz CT molecular complexity index is 467. The van der Waals surface area contributed by atoms with Crippen molar-refractivity contribution in [2.24, 2.45) is 0 Å². The Morgan fingerprint density at radius 1 is 1.31 bits per heavy atom. The van der Waals surface area contributed by atoms with Gasteiger partial charge in [0.1, 0.15) is 0 Å². The molecule has 1 aromatic rings. The maximum absolute atomic E-state index is 11.8. The van der Waals surface area contributed by atoms with Gasteiger partial charge >= 0.3 is 0 Å². The lowest BCUT2D eigenvalue weighted by molar-refractivity contribution is 0.383. The SMILES string of the molecule is Nc1ccccc1CS(=O)(=O)NC1CCC1. The first kappa shape index (κ1) is 11.4. The minimum Gasteiger partial charge on any atom is -0.398 e. The van der Waals surface area contributed by atoms with Crippen LogP contribution in [0.3, 0.4) is 0 Å². The fourth-order valence-electron chi connectivity index (χ4n) is 1.69.